The minimum atomic E-state index is -1.25. The highest BCUT2D eigenvalue weighted by Gasteiger charge is 2.12. The van der Waals surface area contributed by atoms with Crippen molar-refractivity contribution in [2.45, 2.75) is 6.10 Å². The summed E-state index contributed by atoms with van der Waals surface area (Å²) in [6, 6.07) is 6.28. The van der Waals surface area contributed by atoms with E-state index in [1.807, 2.05) is 0 Å². The third-order valence-electron chi connectivity index (χ3n) is 1.46. The third-order valence-corrected chi connectivity index (χ3v) is 1.71. The Bertz CT molecular complexity index is 284. The van der Waals surface area contributed by atoms with Crippen molar-refractivity contribution in [1.82, 2.24) is 0 Å². The van der Waals surface area contributed by atoms with Gasteiger partial charge in [0.15, 0.2) is 6.10 Å². The van der Waals surface area contributed by atoms with Gasteiger partial charge in [-0.3, -0.25) is 4.79 Å². The number of hydrogen-bond acceptors (Lipinski definition) is 2. The third kappa shape index (κ3) is 1.96. The first-order chi connectivity index (χ1) is 5.61. The number of benzene rings is 1. The molecule has 3 N–H and O–H groups in total. The number of aliphatic hydroxyl groups excluding tert-OH is 1. The number of hydrogen-bond donors (Lipinski definition) is 2. The molecule has 1 atom stereocenters. The first-order valence-corrected chi connectivity index (χ1v) is 3.72. The second-order valence-corrected chi connectivity index (χ2v) is 2.79. The Balaban J connectivity index is 2.89. The summed E-state index contributed by atoms with van der Waals surface area (Å²) in [6.07, 6.45) is -1.25. The van der Waals surface area contributed by atoms with Crippen LogP contribution < -0.4 is 5.73 Å². The van der Waals surface area contributed by atoms with E-state index in [4.69, 9.17) is 17.3 Å². The van der Waals surface area contributed by atoms with Gasteiger partial charge in [-0.2, -0.15) is 0 Å². The summed E-state index contributed by atoms with van der Waals surface area (Å²) in [5, 5.41) is 9.72. The van der Waals surface area contributed by atoms with Gasteiger partial charge in [0, 0.05) is 5.02 Å². The predicted molar refractivity (Wildman–Crippen MR) is 45.6 cm³/mol. The fourth-order valence-corrected chi connectivity index (χ4v) is 0.935. The van der Waals surface area contributed by atoms with E-state index in [1.165, 1.54) is 0 Å². The SMILES string of the molecule is NC(=O)[C@H](O)c1ccc(Cl)cc1. The summed E-state index contributed by atoms with van der Waals surface area (Å²) >= 11 is 5.60. The number of aliphatic hydroxyl groups is 1. The van der Waals surface area contributed by atoms with Crippen LogP contribution in [-0.2, 0) is 4.79 Å². The Labute approximate surface area is 74.8 Å². The largest absolute Gasteiger partial charge is 0.378 e. The number of halogens is 1. The van der Waals surface area contributed by atoms with Gasteiger partial charge in [-0.05, 0) is 17.7 Å². The molecule has 0 saturated heterocycles. The Morgan fingerprint density at radius 3 is 2.33 bits per heavy atom. The van der Waals surface area contributed by atoms with Gasteiger partial charge in [0.2, 0.25) is 0 Å². The zero-order valence-electron chi connectivity index (χ0n) is 6.20. The van der Waals surface area contributed by atoms with Gasteiger partial charge < -0.3 is 10.8 Å². The lowest BCUT2D eigenvalue weighted by Gasteiger charge is -2.05. The second-order valence-electron chi connectivity index (χ2n) is 2.36. The molecule has 1 aromatic carbocycles. The Morgan fingerprint density at radius 1 is 1.42 bits per heavy atom. The molecule has 0 aliphatic carbocycles. The lowest BCUT2D eigenvalue weighted by Crippen LogP contribution is -2.20. The van der Waals surface area contributed by atoms with Gasteiger partial charge in [0.25, 0.3) is 5.91 Å². The molecule has 0 aliphatic heterocycles. The molecular formula is C8H8ClNO2. The van der Waals surface area contributed by atoms with Crippen LogP contribution in [0.1, 0.15) is 11.7 Å². The average Bonchev–Trinajstić information content (AvgIpc) is 2.04. The van der Waals surface area contributed by atoms with Crippen molar-refractivity contribution >= 4 is 17.5 Å². The van der Waals surface area contributed by atoms with Crippen LogP contribution in [0.3, 0.4) is 0 Å². The van der Waals surface area contributed by atoms with Crippen molar-refractivity contribution in [2.75, 3.05) is 0 Å². The summed E-state index contributed by atoms with van der Waals surface area (Å²) in [4.78, 5) is 10.5. The van der Waals surface area contributed by atoms with E-state index in [-0.39, 0.29) is 0 Å². The van der Waals surface area contributed by atoms with E-state index >= 15 is 0 Å². The van der Waals surface area contributed by atoms with E-state index in [2.05, 4.69) is 0 Å². The number of nitrogens with two attached hydrogens (primary N) is 1. The molecule has 64 valence electrons. The minimum Gasteiger partial charge on any atom is -0.378 e. The molecule has 0 saturated carbocycles. The predicted octanol–water partition coefficient (Wildman–Crippen LogP) is 0.859. The van der Waals surface area contributed by atoms with Gasteiger partial charge in [-0.25, -0.2) is 0 Å². The fraction of sp³-hybridized carbons (Fsp3) is 0.125. The number of primary amides is 1. The molecule has 0 fully saturated rings. The zero-order chi connectivity index (χ0) is 9.14. The highest BCUT2D eigenvalue weighted by Crippen LogP contribution is 2.15. The number of carbonyl (C=O) groups excluding carboxylic acids is 1. The maximum Gasteiger partial charge on any atom is 0.250 e. The first-order valence-electron chi connectivity index (χ1n) is 3.34. The molecule has 0 unspecified atom stereocenters. The Kier molecular flexibility index (Phi) is 2.68. The number of rotatable bonds is 2. The number of carbonyl (C=O) groups is 1. The molecule has 0 aromatic heterocycles. The average molecular weight is 186 g/mol. The molecule has 3 nitrogen and oxygen atoms in total. The van der Waals surface area contributed by atoms with Crippen molar-refractivity contribution in [3.63, 3.8) is 0 Å². The van der Waals surface area contributed by atoms with Crippen LogP contribution in [0, 0.1) is 0 Å². The molecule has 0 heterocycles. The fourth-order valence-electron chi connectivity index (χ4n) is 0.809. The van der Waals surface area contributed by atoms with Gasteiger partial charge >= 0.3 is 0 Å². The van der Waals surface area contributed by atoms with Crippen LogP contribution in [0.4, 0.5) is 0 Å². The van der Waals surface area contributed by atoms with Gasteiger partial charge in [0.1, 0.15) is 0 Å². The highest BCUT2D eigenvalue weighted by atomic mass is 35.5. The first kappa shape index (κ1) is 9.03. The second kappa shape index (κ2) is 3.56. The molecular weight excluding hydrogens is 178 g/mol. The van der Waals surface area contributed by atoms with E-state index in [0.29, 0.717) is 10.6 Å². The Morgan fingerprint density at radius 2 is 1.92 bits per heavy atom. The summed E-state index contributed by atoms with van der Waals surface area (Å²) in [6.45, 7) is 0. The smallest absolute Gasteiger partial charge is 0.250 e. The molecule has 0 aliphatic rings. The Hall–Kier alpha value is -1.06. The maximum absolute atomic E-state index is 10.5. The lowest BCUT2D eigenvalue weighted by molar-refractivity contribution is -0.126. The van der Waals surface area contributed by atoms with Crippen LogP contribution in [0.5, 0.6) is 0 Å². The van der Waals surface area contributed by atoms with E-state index in [1.54, 1.807) is 24.3 Å². The van der Waals surface area contributed by atoms with Crippen LogP contribution in [0.2, 0.25) is 5.02 Å². The topological polar surface area (TPSA) is 63.3 Å². The highest BCUT2D eigenvalue weighted by molar-refractivity contribution is 6.30. The molecule has 12 heavy (non-hydrogen) atoms. The summed E-state index contributed by atoms with van der Waals surface area (Å²) < 4.78 is 0. The zero-order valence-corrected chi connectivity index (χ0v) is 6.95. The molecule has 0 spiro atoms. The quantitative estimate of drug-likeness (QED) is 0.718. The van der Waals surface area contributed by atoms with E-state index < -0.39 is 12.0 Å². The van der Waals surface area contributed by atoms with E-state index in [9.17, 15) is 9.90 Å². The standard InChI is InChI=1S/C8H8ClNO2/c9-6-3-1-5(2-4-6)7(11)8(10)12/h1-4,7,11H,(H2,10,12)/t7-/m1/s1. The molecule has 0 radical (unpaired) electrons. The van der Waals surface area contributed by atoms with Gasteiger partial charge in [-0.15, -0.1) is 0 Å². The van der Waals surface area contributed by atoms with Crippen LogP contribution in [-0.4, -0.2) is 11.0 Å². The lowest BCUT2D eigenvalue weighted by atomic mass is 10.1. The van der Waals surface area contributed by atoms with Crippen molar-refractivity contribution in [3.8, 4) is 0 Å². The molecule has 0 bridgehead atoms. The van der Waals surface area contributed by atoms with Gasteiger partial charge in [0.05, 0.1) is 0 Å². The van der Waals surface area contributed by atoms with Crippen molar-refractivity contribution in [2.24, 2.45) is 5.73 Å². The molecule has 1 amide bonds. The van der Waals surface area contributed by atoms with Crippen molar-refractivity contribution in [1.29, 1.82) is 0 Å². The van der Waals surface area contributed by atoms with E-state index in [0.717, 1.165) is 0 Å². The monoisotopic (exact) mass is 185 g/mol. The summed E-state index contributed by atoms with van der Waals surface area (Å²) in [7, 11) is 0. The maximum atomic E-state index is 10.5. The number of amides is 1. The molecule has 1 rings (SSSR count). The van der Waals surface area contributed by atoms with Crippen LogP contribution in [0.15, 0.2) is 24.3 Å². The van der Waals surface area contributed by atoms with Crippen molar-refractivity contribution in [3.05, 3.63) is 34.9 Å². The normalized spacial score (nSPS) is 12.5. The minimum absolute atomic E-state index is 0.451. The summed E-state index contributed by atoms with van der Waals surface area (Å²) in [5.74, 6) is -0.766. The molecule has 4 heteroatoms. The van der Waals surface area contributed by atoms with Gasteiger partial charge in [-0.1, -0.05) is 23.7 Å². The molecule has 1 aromatic rings. The summed E-state index contributed by atoms with van der Waals surface area (Å²) in [5.41, 5.74) is 5.33. The van der Waals surface area contributed by atoms with Crippen LogP contribution in [0.25, 0.3) is 0 Å². The van der Waals surface area contributed by atoms with Crippen LogP contribution >= 0.6 is 11.6 Å². The van der Waals surface area contributed by atoms with Crippen molar-refractivity contribution < 1.29 is 9.90 Å².